The molecule has 14 radical (unpaired) electrons. The number of hydrogen-bond acceptors (Lipinski definition) is 3. The van der Waals surface area contributed by atoms with Crippen molar-refractivity contribution in [3.05, 3.63) is 170 Å². The molecule has 0 spiro atoms. The molecule has 0 saturated carbocycles. The van der Waals surface area contributed by atoms with Crippen molar-refractivity contribution in [3.63, 3.8) is 0 Å². The average molecular weight is 807 g/mol. The van der Waals surface area contributed by atoms with Crippen LogP contribution in [0.4, 0.5) is 0 Å². The van der Waals surface area contributed by atoms with Gasteiger partial charge in [-0.15, -0.1) is 16.4 Å². The van der Waals surface area contributed by atoms with E-state index in [2.05, 4.69) is 133 Å². The van der Waals surface area contributed by atoms with Gasteiger partial charge in [0.2, 0.25) is 0 Å². The molecule has 284 valence electrons. The summed E-state index contributed by atoms with van der Waals surface area (Å²) < 4.78 is 0. The second-order valence-corrected chi connectivity index (χ2v) is 16.4. The molecule has 1 heterocycles. The van der Waals surface area contributed by atoms with Gasteiger partial charge in [0.15, 0.2) is 17.5 Å². The lowest BCUT2D eigenvalue weighted by Gasteiger charge is -2.25. The molecule has 0 aliphatic heterocycles. The minimum Gasteiger partial charge on any atom is -0.208 e. The summed E-state index contributed by atoms with van der Waals surface area (Å²) in [6, 6.07) is 59.0. The molecule has 0 atom stereocenters. The van der Waals surface area contributed by atoms with Crippen LogP contribution in [0.25, 0.3) is 111 Å². The highest BCUT2D eigenvalue weighted by molar-refractivity contribution is 6.71. The fraction of sp³-hybridized carbons (Fsp3) is 0. The molecule has 0 N–H and O–H groups in total. The number of hydrogen-bond donors (Lipinski definition) is 0. The van der Waals surface area contributed by atoms with Crippen LogP contribution in [0.1, 0.15) is 0 Å². The highest BCUT2D eigenvalue weighted by Gasteiger charge is 2.22. The van der Waals surface area contributed by atoms with Crippen LogP contribution in [0.5, 0.6) is 0 Å². The van der Waals surface area contributed by atoms with Gasteiger partial charge in [-0.1, -0.05) is 161 Å². The maximum absolute atomic E-state index is 6.84. The fourth-order valence-electron chi connectivity index (χ4n) is 9.00. The smallest absolute Gasteiger partial charge is 0.164 e. The maximum atomic E-state index is 6.84. The van der Waals surface area contributed by atoms with Crippen molar-refractivity contribution in [2.75, 3.05) is 0 Å². The Kier molecular flexibility index (Phi) is 9.99. The fourth-order valence-corrected chi connectivity index (χ4v) is 9.00. The van der Waals surface area contributed by atoms with Gasteiger partial charge in [-0.25, -0.2) is 15.0 Å². The molecule has 1 aromatic heterocycles. The standard InChI is InChI=1S/C55H28B7N3/c56-46-43-44(48(58)52(62)51(46)61)47(57)50(60)49(59)45(43)55-64-53(63-54(65-55)40-23-21-35-24-32(16-17-37(35)28-40)29-8-2-1-3-9-29)39-13-6-12-31(27-39)33-18-19-36-26-38(22-20-34(36)25-33)42-15-7-11-30-10-4-5-14-41(30)42/h1-28H. The molecule has 0 unspecified atom stereocenters. The van der Waals surface area contributed by atoms with Crippen LogP contribution >= 0.6 is 0 Å². The SMILES string of the molecule is [B]c1c([B])c([B])c2c(-c3nc(-c4cccc(-c5ccc6cc(-c7cccc8ccccc78)ccc6c5)c4)nc(-c4ccc5cc(-c6ccccc6)ccc5c4)n3)c([B])c([B])c([B])c2c1[B]. The molecule has 0 aliphatic carbocycles. The van der Waals surface area contributed by atoms with Gasteiger partial charge < -0.3 is 0 Å². The van der Waals surface area contributed by atoms with E-state index in [0.29, 0.717) is 28.0 Å². The Balaban J connectivity index is 1.06. The van der Waals surface area contributed by atoms with Crippen molar-refractivity contribution in [2.24, 2.45) is 0 Å². The molecule has 10 aromatic carbocycles. The summed E-state index contributed by atoms with van der Waals surface area (Å²) in [5, 5.41) is 7.44. The first kappa shape index (κ1) is 40.5. The first-order valence-corrected chi connectivity index (χ1v) is 21.1. The predicted octanol–water partition coefficient (Wildman–Crippen LogP) is 6.04. The highest BCUT2D eigenvalue weighted by atomic mass is 15.0. The zero-order chi connectivity index (χ0) is 44.5. The summed E-state index contributed by atoms with van der Waals surface area (Å²) in [4.78, 5) is 15.3. The summed E-state index contributed by atoms with van der Waals surface area (Å²) in [7, 11) is 46.1. The van der Waals surface area contributed by atoms with Crippen LogP contribution < -0.4 is 38.2 Å². The molecule has 0 aliphatic rings. The zero-order valence-electron chi connectivity index (χ0n) is 35.0. The summed E-state index contributed by atoms with van der Waals surface area (Å²) in [6.07, 6.45) is 0. The van der Waals surface area contributed by atoms with Gasteiger partial charge in [-0.05, 0) is 107 Å². The summed E-state index contributed by atoms with van der Waals surface area (Å²) in [6.45, 7) is 0. The Morgan fingerprint density at radius 1 is 0.262 bits per heavy atom. The third-order valence-corrected chi connectivity index (χ3v) is 12.5. The Morgan fingerprint density at radius 2 is 0.692 bits per heavy atom. The minimum atomic E-state index is 0.0894. The second-order valence-electron chi connectivity index (χ2n) is 16.4. The maximum Gasteiger partial charge on any atom is 0.164 e. The van der Waals surface area contributed by atoms with E-state index in [4.69, 9.17) is 69.9 Å². The van der Waals surface area contributed by atoms with Crippen molar-refractivity contribution in [2.45, 2.75) is 0 Å². The minimum absolute atomic E-state index is 0.0894. The molecular formula is C55H28B7N3. The van der Waals surface area contributed by atoms with Crippen molar-refractivity contribution in [1.82, 2.24) is 15.0 Å². The van der Waals surface area contributed by atoms with Gasteiger partial charge in [0.05, 0.1) is 0 Å². The highest BCUT2D eigenvalue weighted by Crippen LogP contribution is 2.35. The van der Waals surface area contributed by atoms with Crippen LogP contribution in [-0.2, 0) is 0 Å². The summed E-state index contributed by atoms with van der Waals surface area (Å²) in [5.74, 6) is 0.993. The van der Waals surface area contributed by atoms with Crippen LogP contribution in [0, 0.1) is 0 Å². The van der Waals surface area contributed by atoms with Crippen LogP contribution in [0.3, 0.4) is 0 Å². The van der Waals surface area contributed by atoms with E-state index in [1.165, 1.54) is 21.9 Å². The van der Waals surface area contributed by atoms with E-state index >= 15 is 0 Å². The van der Waals surface area contributed by atoms with Gasteiger partial charge in [-0.2, -0.15) is 0 Å². The topological polar surface area (TPSA) is 38.7 Å². The van der Waals surface area contributed by atoms with Gasteiger partial charge in [0.1, 0.15) is 54.9 Å². The Hall–Kier alpha value is -7.30. The number of aromatic nitrogens is 3. The largest absolute Gasteiger partial charge is 0.208 e. The Morgan fingerprint density at radius 3 is 1.37 bits per heavy atom. The molecule has 0 fully saturated rings. The van der Waals surface area contributed by atoms with E-state index in [9.17, 15) is 0 Å². The molecular weight excluding hydrogens is 778 g/mol. The van der Waals surface area contributed by atoms with Gasteiger partial charge in [-0.3, -0.25) is 0 Å². The van der Waals surface area contributed by atoms with Crippen LogP contribution in [0.15, 0.2) is 170 Å². The third-order valence-electron chi connectivity index (χ3n) is 12.5. The Labute approximate surface area is 386 Å². The van der Waals surface area contributed by atoms with Gasteiger partial charge in [0.25, 0.3) is 0 Å². The van der Waals surface area contributed by atoms with Crippen molar-refractivity contribution in [3.8, 4) is 67.5 Å². The molecule has 10 heteroatoms. The molecule has 65 heavy (non-hydrogen) atoms. The van der Waals surface area contributed by atoms with E-state index in [1.54, 1.807) is 0 Å². The first-order valence-electron chi connectivity index (χ1n) is 21.1. The number of nitrogens with zero attached hydrogens (tertiary/aromatic N) is 3. The van der Waals surface area contributed by atoms with Crippen LogP contribution in [0.2, 0.25) is 0 Å². The van der Waals surface area contributed by atoms with Crippen LogP contribution in [-0.4, -0.2) is 69.9 Å². The predicted molar refractivity (Wildman–Crippen MR) is 280 cm³/mol. The lowest BCUT2D eigenvalue weighted by Crippen LogP contribution is -2.52. The van der Waals surface area contributed by atoms with E-state index in [0.717, 1.165) is 54.9 Å². The lowest BCUT2D eigenvalue weighted by atomic mass is 9.59. The number of rotatable bonds is 6. The molecule has 3 nitrogen and oxygen atoms in total. The van der Waals surface area contributed by atoms with E-state index < -0.39 is 0 Å². The average Bonchev–Trinajstić information content (AvgIpc) is 3.36. The van der Waals surface area contributed by atoms with Crippen molar-refractivity contribution in [1.29, 1.82) is 0 Å². The summed E-state index contributed by atoms with van der Waals surface area (Å²) >= 11 is 0. The van der Waals surface area contributed by atoms with Gasteiger partial charge in [0, 0.05) is 16.7 Å². The van der Waals surface area contributed by atoms with Crippen molar-refractivity contribution >= 4 is 136 Å². The Bertz CT molecular complexity index is 3750. The van der Waals surface area contributed by atoms with Crippen molar-refractivity contribution < 1.29 is 0 Å². The molecule has 0 saturated heterocycles. The molecule has 11 rings (SSSR count). The summed E-state index contributed by atoms with van der Waals surface area (Å²) in [5.41, 5.74) is 9.24. The number of benzene rings is 10. The van der Waals surface area contributed by atoms with Gasteiger partial charge >= 0.3 is 0 Å². The van der Waals surface area contributed by atoms with E-state index in [-0.39, 0.29) is 44.1 Å². The quantitative estimate of drug-likeness (QED) is 0.193. The monoisotopic (exact) mass is 807 g/mol. The second kappa shape index (κ2) is 16.0. The molecule has 11 aromatic rings. The molecule has 0 bridgehead atoms. The van der Waals surface area contributed by atoms with E-state index in [1.807, 2.05) is 36.4 Å². The normalized spacial score (nSPS) is 11.5. The number of fused-ring (bicyclic) bond motifs is 4. The zero-order valence-corrected chi connectivity index (χ0v) is 35.0. The first-order chi connectivity index (χ1) is 31.6. The third kappa shape index (κ3) is 7.00. The molecule has 0 amide bonds. The lowest BCUT2D eigenvalue weighted by molar-refractivity contribution is 1.08.